The lowest BCUT2D eigenvalue weighted by Crippen LogP contribution is -2.26. The van der Waals surface area contributed by atoms with E-state index in [2.05, 4.69) is 37.0 Å². The van der Waals surface area contributed by atoms with Gasteiger partial charge in [-0.15, -0.1) is 0 Å². The van der Waals surface area contributed by atoms with Gasteiger partial charge in [0.05, 0.1) is 5.69 Å². The highest BCUT2D eigenvalue weighted by Gasteiger charge is 2.11. The molecule has 24 heavy (non-hydrogen) atoms. The molecule has 0 saturated heterocycles. The lowest BCUT2D eigenvalue weighted by atomic mass is 10.1. The van der Waals surface area contributed by atoms with E-state index in [1.165, 1.54) is 10.7 Å². The van der Waals surface area contributed by atoms with Crippen molar-refractivity contribution in [2.24, 2.45) is 0 Å². The van der Waals surface area contributed by atoms with E-state index in [0.29, 0.717) is 11.3 Å². The van der Waals surface area contributed by atoms with Gasteiger partial charge in [-0.3, -0.25) is 9.59 Å². The summed E-state index contributed by atoms with van der Waals surface area (Å²) in [6, 6.07) is 17.7. The van der Waals surface area contributed by atoms with Gasteiger partial charge in [0, 0.05) is 26.1 Å². The minimum atomic E-state index is -0.309. The highest BCUT2D eigenvalue weighted by molar-refractivity contribution is 9.10. The number of nitrogens with zero attached hydrogens (tertiary/aromatic N) is 2. The van der Waals surface area contributed by atoms with Gasteiger partial charge in [-0.25, -0.2) is 4.68 Å². The van der Waals surface area contributed by atoms with Crippen LogP contribution in [-0.4, -0.2) is 15.6 Å². The molecule has 6 heteroatoms. The molecule has 0 amide bonds. The molecule has 0 saturated carbocycles. The third kappa shape index (κ3) is 3.71. The number of carbonyl (C=O) groups excluding carboxylic acids is 1. The molecule has 2 aromatic carbocycles. The molecule has 0 aliphatic heterocycles. The van der Waals surface area contributed by atoms with Crippen molar-refractivity contribution in [2.75, 3.05) is 0 Å². The van der Waals surface area contributed by atoms with E-state index in [4.69, 9.17) is 0 Å². The zero-order valence-corrected chi connectivity index (χ0v) is 15.6. The van der Waals surface area contributed by atoms with Gasteiger partial charge < -0.3 is 0 Å². The molecule has 4 nitrogen and oxygen atoms in total. The Balaban J connectivity index is 1.92. The molecule has 3 rings (SSSR count). The summed E-state index contributed by atoms with van der Waals surface area (Å²) < 4.78 is 2.96. The van der Waals surface area contributed by atoms with Crippen LogP contribution in [0.4, 0.5) is 0 Å². The number of hydrogen-bond donors (Lipinski definition) is 0. The molecular weight excluding hydrogens is 436 g/mol. The average molecular weight is 448 g/mol. The minimum absolute atomic E-state index is 0.0985. The van der Waals surface area contributed by atoms with E-state index in [1.807, 2.05) is 24.3 Å². The molecule has 3 aromatic rings. The minimum Gasteiger partial charge on any atom is -0.292 e. The van der Waals surface area contributed by atoms with Gasteiger partial charge in [0.15, 0.2) is 5.78 Å². The quantitative estimate of drug-likeness (QED) is 0.559. The second-order valence-corrected chi connectivity index (χ2v) is 6.89. The first-order chi connectivity index (χ1) is 11.5. The number of rotatable bonds is 4. The van der Waals surface area contributed by atoms with E-state index in [-0.39, 0.29) is 17.9 Å². The molecule has 0 spiro atoms. The lowest BCUT2D eigenvalue weighted by Gasteiger charge is -2.08. The van der Waals surface area contributed by atoms with Crippen molar-refractivity contribution in [3.8, 4) is 11.3 Å². The van der Waals surface area contributed by atoms with Gasteiger partial charge in [0.2, 0.25) is 0 Å². The maximum atomic E-state index is 12.4. The Labute approximate surface area is 155 Å². The number of aromatic nitrogens is 2. The molecule has 0 unspecified atom stereocenters. The standard InChI is InChI=1S/C18H12Br2N2O2/c19-13-7-5-12(6-8-13)17(23)11-22-18(24)10-9-16(21-22)14-3-1-2-4-15(14)20/h1-10H,11H2. The van der Waals surface area contributed by atoms with Crippen LogP contribution in [0.3, 0.4) is 0 Å². The Morgan fingerprint density at radius 2 is 1.67 bits per heavy atom. The van der Waals surface area contributed by atoms with Crippen molar-refractivity contribution in [1.29, 1.82) is 0 Å². The van der Waals surface area contributed by atoms with E-state index in [1.54, 1.807) is 30.3 Å². The van der Waals surface area contributed by atoms with Crippen LogP contribution in [0.1, 0.15) is 10.4 Å². The molecule has 0 bridgehead atoms. The van der Waals surface area contributed by atoms with Crippen molar-refractivity contribution in [2.45, 2.75) is 6.54 Å². The maximum Gasteiger partial charge on any atom is 0.267 e. The Kier molecular flexibility index (Phi) is 5.06. The fourth-order valence-corrected chi connectivity index (χ4v) is 2.99. The molecule has 0 atom stereocenters. The molecule has 0 aliphatic carbocycles. The summed E-state index contributed by atoms with van der Waals surface area (Å²) in [5, 5.41) is 4.33. The summed E-state index contributed by atoms with van der Waals surface area (Å²) in [5.41, 5.74) is 1.72. The second kappa shape index (κ2) is 7.23. The van der Waals surface area contributed by atoms with Gasteiger partial charge >= 0.3 is 0 Å². The fraction of sp³-hybridized carbons (Fsp3) is 0.0556. The van der Waals surface area contributed by atoms with E-state index in [9.17, 15) is 9.59 Å². The van der Waals surface area contributed by atoms with Crippen LogP contribution in [-0.2, 0) is 6.54 Å². The number of benzene rings is 2. The third-order valence-electron chi connectivity index (χ3n) is 3.48. The van der Waals surface area contributed by atoms with Crippen LogP contribution in [0.5, 0.6) is 0 Å². The molecule has 120 valence electrons. The van der Waals surface area contributed by atoms with Gasteiger partial charge in [-0.1, -0.05) is 62.2 Å². The SMILES string of the molecule is O=C(Cn1nc(-c2ccccc2Br)ccc1=O)c1ccc(Br)cc1. The van der Waals surface area contributed by atoms with Crippen LogP contribution in [0.15, 0.2) is 74.4 Å². The zero-order valence-electron chi connectivity index (χ0n) is 12.4. The first-order valence-corrected chi connectivity index (χ1v) is 8.75. The van der Waals surface area contributed by atoms with Crippen molar-refractivity contribution in [1.82, 2.24) is 9.78 Å². The van der Waals surface area contributed by atoms with Gasteiger partial charge in [0.25, 0.3) is 5.56 Å². The Morgan fingerprint density at radius 3 is 2.38 bits per heavy atom. The summed E-state index contributed by atoms with van der Waals surface area (Å²) >= 11 is 6.80. The number of Topliss-reactive ketones (excluding diaryl/α,β-unsaturated/α-hetero) is 1. The predicted molar refractivity (Wildman–Crippen MR) is 100 cm³/mol. The Bertz CT molecular complexity index is 950. The normalized spacial score (nSPS) is 10.6. The topological polar surface area (TPSA) is 52.0 Å². The number of halogens is 2. The molecule has 0 N–H and O–H groups in total. The van der Waals surface area contributed by atoms with Crippen LogP contribution < -0.4 is 5.56 Å². The number of carbonyl (C=O) groups is 1. The van der Waals surface area contributed by atoms with Crippen molar-refractivity contribution >= 4 is 37.6 Å². The van der Waals surface area contributed by atoms with E-state index in [0.717, 1.165) is 14.5 Å². The highest BCUT2D eigenvalue weighted by atomic mass is 79.9. The average Bonchev–Trinajstić information content (AvgIpc) is 2.58. The number of ketones is 1. The van der Waals surface area contributed by atoms with Gasteiger partial charge in [-0.2, -0.15) is 5.10 Å². The molecule has 1 heterocycles. The summed E-state index contributed by atoms with van der Waals surface area (Å²) in [6.07, 6.45) is 0. The van der Waals surface area contributed by atoms with Gasteiger partial charge in [0.1, 0.15) is 6.54 Å². The lowest BCUT2D eigenvalue weighted by molar-refractivity contribution is 0.0966. The highest BCUT2D eigenvalue weighted by Crippen LogP contribution is 2.25. The van der Waals surface area contributed by atoms with Crippen LogP contribution in [0.25, 0.3) is 11.3 Å². The molecule has 0 radical (unpaired) electrons. The Hall–Kier alpha value is -2.05. The Morgan fingerprint density at radius 1 is 0.958 bits per heavy atom. The fourth-order valence-electron chi connectivity index (χ4n) is 2.24. The largest absolute Gasteiger partial charge is 0.292 e. The molecule has 0 aliphatic rings. The van der Waals surface area contributed by atoms with Crippen molar-refractivity contribution in [3.63, 3.8) is 0 Å². The second-order valence-electron chi connectivity index (χ2n) is 5.12. The monoisotopic (exact) mass is 446 g/mol. The smallest absolute Gasteiger partial charge is 0.267 e. The summed E-state index contributed by atoms with van der Waals surface area (Å²) in [7, 11) is 0. The molecule has 1 aromatic heterocycles. The summed E-state index contributed by atoms with van der Waals surface area (Å²) in [5.74, 6) is -0.165. The van der Waals surface area contributed by atoms with Crippen LogP contribution in [0, 0.1) is 0 Å². The molecule has 0 fully saturated rings. The van der Waals surface area contributed by atoms with Crippen LogP contribution in [0.2, 0.25) is 0 Å². The predicted octanol–water partition coefficient (Wildman–Crippen LogP) is 4.32. The molecular formula is C18H12Br2N2O2. The van der Waals surface area contributed by atoms with Crippen LogP contribution >= 0.6 is 31.9 Å². The van der Waals surface area contributed by atoms with Crippen molar-refractivity contribution < 1.29 is 4.79 Å². The van der Waals surface area contributed by atoms with Gasteiger partial charge in [-0.05, 0) is 24.3 Å². The van der Waals surface area contributed by atoms with E-state index >= 15 is 0 Å². The third-order valence-corrected chi connectivity index (χ3v) is 4.70. The first-order valence-electron chi connectivity index (χ1n) is 7.16. The first kappa shape index (κ1) is 16.8. The summed E-state index contributed by atoms with van der Waals surface area (Å²) in [4.78, 5) is 24.4. The van der Waals surface area contributed by atoms with E-state index < -0.39 is 0 Å². The summed E-state index contributed by atoms with van der Waals surface area (Å²) in [6.45, 7) is -0.0985. The van der Waals surface area contributed by atoms with Crippen molar-refractivity contribution in [3.05, 3.63) is 85.5 Å². The number of hydrogen-bond acceptors (Lipinski definition) is 3. The zero-order chi connectivity index (χ0) is 17.1. The maximum absolute atomic E-state index is 12.4.